The Bertz CT molecular complexity index is 578. The Labute approximate surface area is 118 Å². The van der Waals surface area contributed by atoms with Crippen molar-refractivity contribution < 1.29 is 9.53 Å². The quantitative estimate of drug-likeness (QED) is 0.804. The van der Waals surface area contributed by atoms with Crippen molar-refractivity contribution in [2.24, 2.45) is 5.92 Å². The molecule has 2 N–H and O–H groups in total. The van der Waals surface area contributed by atoms with Crippen molar-refractivity contribution >= 4 is 5.91 Å². The zero-order valence-electron chi connectivity index (χ0n) is 11.8. The molecule has 0 unspecified atom stereocenters. The van der Waals surface area contributed by atoms with Gasteiger partial charge >= 0.3 is 0 Å². The van der Waals surface area contributed by atoms with Crippen LogP contribution in [0, 0.1) is 17.8 Å². The second-order valence-corrected chi connectivity index (χ2v) is 5.54. The number of hydrogen-bond donors (Lipinski definition) is 2. The van der Waals surface area contributed by atoms with Gasteiger partial charge in [0.2, 0.25) is 0 Å². The van der Waals surface area contributed by atoms with Crippen LogP contribution >= 0.6 is 0 Å². The lowest BCUT2D eigenvalue weighted by Crippen LogP contribution is -2.28. The van der Waals surface area contributed by atoms with E-state index in [0.29, 0.717) is 24.6 Å². The summed E-state index contributed by atoms with van der Waals surface area (Å²) in [6, 6.07) is 0. The van der Waals surface area contributed by atoms with Gasteiger partial charge in [0.05, 0.1) is 24.4 Å². The van der Waals surface area contributed by atoms with E-state index in [9.17, 15) is 4.79 Å². The molecular formula is C15H19N3O2. The minimum Gasteiger partial charge on any atom is -0.369 e. The predicted octanol–water partition coefficient (Wildman–Crippen LogP) is 1.58. The van der Waals surface area contributed by atoms with Crippen LogP contribution in [0.5, 0.6) is 0 Å². The molecule has 5 heteroatoms. The van der Waals surface area contributed by atoms with Gasteiger partial charge in [-0.1, -0.05) is 11.8 Å². The van der Waals surface area contributed by atoms with Crippen LogP contribution in [-0.4, -0.2) is 28.8 Å². The first-order valence-corrected chi connectivity index (χ1v) is 7.14. The maximum absolute atomic E-state index is 12.1. The monoisotopic (exact) mass is 273 g/mol. The number of H-pyrrole nitrogens is 1. The Hall–Kier alpha value is -1.80. The fourth-order valence-electron chi connectivity index (χ4n) is 2.49. The molecule has 1 saturated carbocycles. The molecule has 0 bridgehead atoms. The van der Waals surface area contributed by atoms with Gasteiger partial charge in [-0.05, 0) is 26.7 Å². The second-order valence-electron chi connectivity index (χ2n) is 5.54. The van der Waals surface area contributed by atoms with Gasteiger partial charge in [0.25, 0.3) is 5.91 Å². The SMILES string of the molecule is C[C@@H]1Cc2c(C(=O)NCC#CC3CC3)n[nH]c2[C@H](C)O1. The second kappa shape index (κ2) is 5.29. The van der Waals surface area contributed by atoms with E-state index < -0.39 is 0 Å². The van der Waals surface area contributed by atoms with Gasteiger partial charge in [0.1, 0.15) is 0 Å². The molecule has 1 aliphatic heterocycles. The van der Waals surface area contributed by atoms with Gasteiger partial charge < -0.3 is 10.1 Å². The molecule has 2 heterocycles. The first-order chi connectivity index (χ1) is 9.65. The first kappa shape index (κ1) is 13.2. The molecule has 1 aliphatic carbocycles. The third-order valence-electron chi connectivity index (χ3n) is 3.67. The summed E-state index contributed by atoms with van der Waals surface area (Å²) in [7, 11) is 0. The molecule has 20 heavy (non-hydrogen) atoms. The van der Waals surface area contributed by atoms with Gasteiger partial charge in [-0.2, -0.15) is 5.10 Å². The Balaban J connectivity index is 1.67. The summed E-state index contributed by atoms with van der Waals surface area (Å²) in [4.78, 5) is 12.1. The van der Waals surface area contributed by atoms with Gasteiger partial charge in [-0.3, -0.25) is 9.89 Å². The van der Waals surface area contributed by atoms with Crippen molar-refractivity contribution in [1.29, 1.82) is 0 Å². The Kier molecular flexibility index (Phi) is 3.49. The minimum atomic E-state index is -0.158. The van der Waals surface area contributed by atoms with Crippen LogP contribution in [0.3, 0.4) is 0 Å². The number of fused-ring (bicyclic) bond motifs is 1. The highest BCUT2D eigenvalue weighted by molar-refractivity contribution is 5.94. The molecule has 5 nitrogen and oxygen atoms in total. The highest BCUT2D eigenvalue weighted by Gasteiger charge is 2.29. The summed E-state index contributed by atoms with van der Waals surface area (Å²) in [5.41, 5.74) is 2.37. The van der Waals surface area contributed by atoms with Crippen molar-refractivity contribution in [2.45, 2.75) is 45.3 Å². The molecule has 0 saturated heterocycles. The lowest BCUT2D eigenvalue weighted by Gasteiger charge is -2.25. The van der Waals surface area contributed by atoms with E-state index in [1.807, 2.05) is 13.8 Å². The van der Waals surface area contributed by atoms with Crippen molar-refractivity contribution in [3.63, 3.8) is 0 Å². The molecule has 2 atom stereocenters. The summed E-state index contributed by atoms with van der Waals surface area (Å²) in [6.07, 6.45) is 3.17. The predicted molar refractivity (Wildman–Crippen MR) is 74.1 cm³/mol. The summed E-state index contributed by atoms with van der Waals surface area (Å²) >= 11 is 0. The zero-order chi connectivity index (χ0) is 14.1. The van der Waals surface area contributed by atoms with E-state index in [0.717, 1.165) is 11.3 Å². The number of rotatable bonds is 2. The van der Waals surface area contributed by atoms with Crippen molar-refractivity contribution in [3.05, 3.63) is 17.0 Å². The maximum atomic E-state index is 12.1. The maximum Gasteiger partial charge on any atom is 0.272 e. The number of aromatic amines is 1. The summed E-state index contributed by atoms with van der Waals surface area (Å²) < 4.78 is 5.71. The van der Waals surface area contributed by atoms with Gasteiger partial charge in [0.15, 0.2) is 5.69 Å². The first-order valence-electron chi connectivity index (χ1n) is 7.14. The Morgan fingerprint density at radius 2 is 2.30 bits per heavy atom. The molecule has 0 aromatic carbocycles. The molecule has 1 aromatic rings. The molecule has 0 spiro atoms. The summed E-state index contributed by atoms with van der Waals surface area (Å²) in [5.74, 6) is 6.51. The van der Waals surface area contributed by atoms with Gasteiger partial charge in [0, 0.05) is 17.9 Å². The molecule has 106 valence electrons. The highest BCUT2D eigenvalue weighted by atomic mass is 16.5. The summed E-state index contributed by atoms with van der Waals surface area (Å²) in [5, 5.41) is 9.88. The van der Waals surface area contributed by atoms with Gasteiger partial charge in [-0.25, -0.2) is 0 Å². The third-order valence-corrected chi connectivity index (χ3v) is 3.67. The van der Waals surface area contributed by atoms with Crippen molar-refractivity contribution in [3.8, 4) is 11.8 Å². The van der Waals surface area contributed by atoms with Crippen LogP contribution < -0.4 is 5.32 Å². The van der Waals surface area contributed by atoms with E-state index in [4.69, 9.17) is 4.74 Å². The number of ether oxygens (including phenoxy) is 1. The van der Waals surface area contributed by atoms with Crippen molar-refractivity contribution in [2.75, 3.05) is 6.54 Å². The lowest BCUT2D eigenvalue weighted by molar-refractivity contribution is -0.00697. The standard InChI is InChI=1S/C15H19N3O2/c1-9-8-12-13(10(2)20-9)17-18-14(12)15(19)16-7-3-4-11-5-6-11/h9-11H,5-8H2,1-2H3,(H,16,19)(H,17,18)/t9-,10+/m1/s1. The minimum absolute atomic E-state index is 0.0440. The van der Waals surface area contributed by atoms with E-state index in [2.05, 4.69) is 27.4 Å². The van der Waals surface area contributed by atoms with E-state index in [-0.39, 0.29) is 18.1 Å². The van der Waals surface area contributed by atoms with E-state index in [1.165, 1.54) is 12.8 Å². The van der Waals surface area contributed by atoms with Crippen LogP contribution in [0.2, 0.25) is 0 Å². The van der Waals surface area contributed by atoms with Crippen LogP contribution in [0.25, 0.3) is 0 Å². The molecule has 1 amide bonds. The number of nitrogens with zero attached hydrogens (tertiary/aromatic N) is 1. The fraction of sp³-hybridized carbons (Fsp3) is 0.600. The largest absolute Gasteiger partial charge is 0.369 e. The molecule has 0 radical (unpaired) electrons. The van der Waals surface area contributed by atoms with Crippen molar-refractivity contribution in [1.82, 2.24) is 15.5 Å². The smallest absolute Gasteiger partial charge is 0.272 e. The summed E-state index contributed by atoms with van der Waals surface area (Å²) in [6.45, 7) is 4.36. The van der Waals surface area contributed by atoms with Gasteiger partial charge in [-0.15, -0.1) is 0 Å². The zero-order valence-corrected chi connectivity index (χ0v) is 11.8. The number of carbonyl (C=O) groups is 1. The third kappa shape index (κ3) is 2.70. The lowest BCUT2D eigenvalue weighted by atomic mass is 9.99. The number of carbonyl (C=O) groups excluding carboxylic acids is 1. The van der Waals surface area contributed by atoms with Crippen LogP contribution in [0.15, 0.2) is 0 Å². The molecule has 3 rings (SSSR count). The number of amides is 1. The number of hydrogen-bond acceptors (Lipinski definition) is 3. The van der Waals surface area contributed by atoms with E-state index >= 15 is 0 Å². The van der Waals surface area contributed by atoms with E-state index in [1.54, 1.807) is 0 Å². The van der Waals surface area contributed by atoms with Crippen LogP contribution in [0.1, 0.15) is 54.5 Å². The molecule has 1 aromatic heterocycles. The topological polar surface area (TPSA) is 67.0 Å². The molecule has 1 fully saturated rings. The Morgan fingerprint density at radius 3 is 3.05 bits per heavy atom. The fourth-order valence-corrected chi connectivity index (χ4v) is 2.49. The average Bonchev–Trinajstić information content (AvgIpc) is 3.12. The highest BCUT2D eigenvalue weighted by Crippen LogP contribution is 2.30. The van der Waals surface area contributed by atoms with Crippen LogP contribution in [0.4, 0.5) is 0 Å². The number of nitrogens with one attached hydrogen (secondary N) is 2. The average molecular weight is 273 g/mol. The Morgan fingerprint density at radius 1 is 1.50 bits per heavy atom. The molecular weight excluding hydrogens is 254 g/mol. The van der Waals surface area contributed by atoms with Crippen LogP contribution in [-0.2, 0) is 11.2 Å². The molecule has 2 aliphatic rings. The number of aromatic nitrogens is 2. The normalized spacial score (nSPS) is 24.5.